The number of hydrogen-bond acceptors (Lipinski definition) is 1. The van der Waals surface area contributed by atoms with Crippen molar-refractivity contribution in [1.29, 1.82) is 0 Å². The highest BCUT2D eigenvalue weighted by Crippen LogP contribution is 2.25. The number of likely N-dealkylation sites (tertiary alicyclic amines) is 1. The van der Waals surface area contributed by atoms with Crippen LogP contribution in [-0.2, 0) is 0 Å². The number of rotatable bonds is 3. The van der Waals surface area contributed by atoms with Gasteiger partial charge in [-0.15, -0.1) is 0 Å². The maximum absolute atomic E-state index is 12.5. The quantitative estimate of drug-likeness (QED) is 0.723. The molecule has 0 N–H and O–H groups in total. The van der Waals surface area contributed by atoms with Crippen LogP contribution in [0.2, 0.25) is 0 Å². The van der Waals surface area contributed by atoms with Gasteiger partial charge in [0.1, 0.15) is 0 Å². The number of halogens is 2. The number of carbonyl (C=O) groups excluding carboxylic acids is 1. The van der Waals surface area contributed by atoms with E-state index in [2.05, 4.69) is 38.8 Å². The molecule has 1 heterocycles. The van der Waals surface area contributed by atoms with Gasteiger partial charge in [-0.1, -0.05) is 51.6 Å². The van der Waals surface area contributed by atoms with Gasteiger partial charge in [0.25, 0.3) is 5.91 Å². The summed E-state index contributed by atoms with van der Waals surface area (Å²) in [6.07, 6.45) is 4.84. The topological polar surface area (TPSA) is 20.3 Å². The third-order valence-electron chi connectivity index (χ3n) is 3.71. The lowest BCUT2D eigenvalue weighted by Gasteiger charge is -2.32. The van der Waals surface area contributed by atoms with Crippen molar-refractivity contribution in [1.82, 2.24) is 4.90 Å². The SMILES string of the molecule is CCCC1CCN(C(=O)c2cc(Br)cc(Br)c2)CC1. The lowest BCUT2D eigenvalue weighted by molar-refractivity contribution is 0.0686. The van der Waals surface area contributed by atoms with Crippen LogP contribution in [0.5, 0.6) is 0 Å². The summed E-state index contributed by atoms with van der Waals surface area (Å²) in [4.78, 5) is 14.4. The minimum atomic E-state index is 0.150. The van der Waals surface area contributed by atoms with Crippen LogP contribution in [0.15, 0.2) is 27.1 Å². The van der Waals surface area contributed by atoms with Gasteiger partial charge >= 0.3 is 0 Å². The van der Waals surface area contributed by atoms with Gasteiger partial charge in [-0.25, -0.2) is 0 Å². The Kier molecular flexibility index (Phi) is 5.46. The van der Waals surface area contributed by atoms with E-state index in [-0.39, 0.29) is 5.91 Å². The summed E-state index contributed by atoms with van der Waals surface area (Å²) in [6, 6.07) is 5.74. The van der Waals surface area contributed by atoms with E-state index in [9.17, 15) is 4.79 Å². The Balaban J connectivity index is 2.01. The third-order valence-corrected chi connectivity index (χ3v) is 4.62. The molecule has 1 saturated heterocycles. The average Bonchev–Trinajstić information content (AvgIpc) is 2.38. The Morgan fingerprint density at radius 3 is 2.32 bits per heavy atom. The fraction of sp³-hybridized carbons (Fsp3) is 0.533. The fourth-order valence-electron chi connectivity index (χ4n) is 2.69. The minimum Gasteiger partial charge on any atom is -0.339 e. The Morgan fingerprint density at radius 1 is 1.21 bits per heavy atom. The van der Waals surface area contributed by atoms with E-state index < -0.39 is 0 Å². The van der Waals surface area contributed by atoms with Gasteiger partial charge in [-0.2, -0.15) is 0 Å². The van der Waals surface area contributed by atoms with Gasteiger partial charge < -0.3 is 4.90 Å². The standard InChI is InChI=1S/C15H19Br2NO/c1-2-3-11-4-6-18(7-5-11)15(19)12-8-13(16)10-14(17)9-12/h8-11H,2-7H2,1H3. The van der Waals surface area contributed by atoms with Crippen LogP contribution in [0.4, 0.5) is 0 Å². The second kappa shape index (κ2) is 6.89. The molecule has 2 rings (SSSR count). The highest BCUT2D eigenvalue weighted by Gasteiger charge is 2.23. The summed E-state index contributed by atoms with van der Waals surface area (Å²) in [7, 11) is 0. The molecule has 1 aliphatic heterocycles. The molecule has 4 heteroatoms. The number of amides is 1. The summed E-state index contributed by atoms with van der Waals surface area (Å²) >= 11 is 6.87. The molecule has 0 saturated carbocycles. The molecule has 104 valence electrons. The maximum atomic E-state index is 12.5. The van der Waals surface area contributed by atoms with E-state index in [0.717, 1.165) is 46.4 Å². The highest BCUT2D eigenvalue weighted by atomic mass is 79.9. The summed E-state index contributed by atoms with van der Waals surface area (Å²) < 4.78 is 1.87. The van der Waals surface area contributed by atoms with Crippen LogP contribution in [0.1, 0.15) is 43.0 Å². The number of piperidine rings is 1. The van der Waals surface area contributed by atoms with Gasteiger partial charge in [-0.05, 0) is 37.0 Å². The van der Waals surface area contributed by atoms with Crippen molar-refractivity contribution < 1.29 is 4.79 Å². The van der Waals surface area contributed by atoms with Gasteiger partial charge in [0, 0.05) is 27.6 Å². The zero-order valence-electron chi connectivity index (χ0n) is 11.2. The number of benzene rings is 1. The van der Waals surface area contributed by atoms with Gasteiger partial charge in [0.2, 0.25) is 0 Å². The van der Waals surface area contributed by atoms with Crippen LogP contribution in [0, 0.1) is 5.92 Å². The van der Waals surface area contributed by atoms with Crippen LogP contribution in [0.25, 0.3) is 0 Å². The van der Waals surface area contributed by atoms with Crippen LogP contribution >= 0.6 is 31.9 Å². The molecule has 2 nitrogen and oxygen atoms in total. The molecule has 0 spiro atoms. The lowest BCUT2D eigenvalue weighted by atomic mass is 9.92. The van der Waals surface area contributed by atoms with Crippen molar-refractivity contribution in [3.8, 4) is 0 Å². The first-order valence-electron chi connectivity index (χ1n) is 6.85. The molecule has 19 heavy (non-hydrogen) atoms. The Morgan fingerprint density at radius 2 is 1.79 bits per heavy atom. The van der Waals surface area contributed by atoms with E-state index >= 15 is 0 Å². The lowest BCUT2D eigenvalue weighted by Crippen LogP contribution is -2.38. The molecule has 0 atom stereocenters. The van der Waals surface area contributed by atoms with Gasteiger partial charge in [-0.3, -0.25) is 4.79 Å². The first-order valence-corrected chi connectivity index (χ1v) is 8.44. The molecule has 0 unspecified atom stereocenters. The van der Waals surface area contributed by atoms with Crippen LogP contribution < -0.4 is 0 Å². The molecule has 1 aliphatic rings. The monoisotopic (exact) mass is 387 g/mol. The summed E-state index contributed by atoms with van der Waals surface area (Å²) in [5, 5.41) is 0. The number of carbonyl (C=O) groups is 1. The molecule has 0 bridgehead atoms. The van der Waals surface area contributed by atoms with Crippen molar-refractivity contribution in [2.24, 2.45) is 5.92 Å². The number of nitrogens with zero attached hydrogens (tertiary/aromatic N) is 1. The summed E-state index contributed by atoms with van der Waals surface area (Å²) in [5.74, 6) is 0.959. The van der Waals surface area contributed by atoms with Crippen molar-refractivity contribution >= 4 is 37.8 Å². The number of hydrogen-bond donors (Lipinski definition) is 0. The summed E-state index contributed by atoms with van der Waals surface area (Å²) in [6.45, 7) is 4.03. The van der Waals surface area contributed by atoms with Crippen molar-refractivity contribution in [2.75, 3.05) is 13.1 Å². The molecular formula is C15H19Br2NO. The van der Waals surface area contributed by atoms with Crippen molar-refractivity contribution in [2.45, 2.75) is 32.6 Å². The van der Waals surface area contributed by atoms with Crippen LogP contribution in [-0.4, -0.2) is 23.9 Å². The predicted octanol–water partition coefficient (Wildman–Crippen LogP) is 4.86. The average molecular weight is 389 g/mol. The molecule has 1 fully saturated rings. The Bertz CT molecular complexity index is 433. The van der Waals surface area contributed by atoms with E-state index in [1.54, 1.807) is 0 Å². The summed E-state index contributed by atoms with van der Waals surface area (Å²) in [5.41, 5.74) is 0.759. The van der Waals surface area contributed by atoms with E-state index in [1.165, 1.54) is 12.8 Å². The zero-order chi connectivity index (χ0) is 13.8. The Labute approximate surface area is 131 Å². The third kappa shape index (κ3) is 4.06. The zero-order valence-corrected chi connectivity index (χ0v) is 14.3. The fourth-order valence-corrected chi connectivity index (χ4v) is 3.99. The van der Waals surface area contributed by atoms with Crippen molar-refractivity contribution in [3.05, 3.63) is 32.7 Å². The predicted molar refractivity (Wildman–Crippen MR) is 85.4 cm³/mol. The Hall–Kier alpha value is -0.350. The molecule has 1 aromatic rings. The van der Waals surface area contributed by atoms with E-state index in [0.29, 0.717) is 0 Å². The second-order valence-corrected chi connectivity index (χ2v) is 7.01. The van der Waals surface area contributed by atoms with Gasteiger partial charge in [0.15, 0.2) is 0 Å². The smallest absolute Gasteiger partial charge is 0.253 e. The van der Waals surface area contributed by atoms with Gasteiger partial charge in [0.05, 0.1) is 0 Å². The van der Waals surface area contributed by atoms with Crippen LogP contribution in [0.3, 0.4) is 0 Å². The second-order valence-electron chi connectivity index (χ2n) is 5.18. The minimum absolute atomic E-state index is 0.150. The normalized spacial score (nSPS) is 16.7. The first-order chi connectivity index (χ1) is 9.10. The van der Waals surface area contributed by atoms with Crippen molar-refractivity contribution in [3.63, 3.8) is 0 Å². The largest absolute Gasteiger partial charge is 0.339 e. The maximum Gasteiger partial charge on any atom is 0.253 e. The molecule has 1 aromatic carbocycles. The molecule has 0 aromatic heterocycles. The first kappa shape index (κ1) is 15.0. The molecule has 0 aliphatic carbocycles. The molecule has 1 amide bonds. The highest BCUT2D eigenvalue weighted by molar-refractivity contribution is 9.11. The molecule has 0 radical (unpaired) electrons. The van der Waals surface area contributed by atoms with E-state index in [1.807, 2.05) is 23.1 Å². The molecular weight excluding hydrogens is 370 g/mol. The van der Waals surface area contributed by atoms with E-state index in [4.69, 9.17) is 0 Å².